The van der Waals surface area contributed by atoms with E-state index in [1.54, 1.807) is 0 Å². The molecule has 3 heteroatoms. The summed E-state index contributed by atoms with van der Waals surface area (Å²) in [5.41, 5.74) is 1.71. The third kappa shape index (κ3) is 2.54. The fourth-order valence-corrected chi connectivity index (χ4v) is 1.98. The Morgan fingerprint density at radius 2 is 2.06 bits per heavy atom. The van der Waals surface area contributed by atoms with Crippen LogP contribution in [0.25, 0.3) is 0 Å². The quantitative estimate of drug-likeness (QED) is 0.712. The molecule has 0 saturated heterocycles. The Morgan fingerprint density at radius 1 is 1.38 bits per heavy atom. The Labute approximate surface area is 96.1 Å². The van der Waals surface area contributed by atoms with Gasteiger partial charge in [-0.2, -0.15) is 0 Å². The number of benzene rings is 1. The molecular weight excluding hydrogens is 202 g/mol. The molecular formula is C13H19NO2. The normalized spacial score (nSPS) is 19.2. The molecule has 1 aliphatic rings. The van der Waals surface area contributed by atoms with E-state index in [9.17, 15) is 5.11 Å². The summed E-state index contributed by atoms with van der Waals surface area (Å²) in [4.78, 5) is 0. The Bertz CT molecular complexity index is 350. The smallest absolute Gasteiger partial charge is 0.104 e. The molecule has 1 saturated carbocycles. The predicted octanol–water partition coefficient (Wildman–Crippen LogP) is 1.92. The summed E-state index contributed by atoms with van der Waals surface area (Å²) in [5.74, 6) is 0.763. The van der Waals surface area contributed by atoms with Gasteiger partial charge < -0.3 is 15.5 Å². The second-order valence-electron chi connectivity index (χ2n) is 4.56. The third-order valence-electron chi connectivity index (χ3n) is 3.21. The molecule has 2 atom stereocenters. The maximum Gasteiger partial charge on any atom is 0.104 e. The van der Waals surface area contributed by atoms with E-state index in [0.717, 1.165) is 17.2 Å². The summed E-state index contributed by atoms with van der Waals surface area (Å²) < 4.78 is 0. The highest BCUT2D eigenvalue weighted by molar-refractivity contribution is 5.53. The zero-order valence-corrected chi connectivity index (χ0v) is 9.56. The van der Waals surface area contributed by atoms with Gasteiger partial charge in [0.05, 0.1) is 6.61 Å². The molecule has 0 aromatic heterocycles. The number of para-hydroxylation sites is 1. The highest BCUT2D eigenvalue weighted by Crippen LogP contribution is 2.35. The van der Waals surface area contributed by atoms with Gasteiger partial charge in [0, 0.05) is 17.3 Å². The third-order valence-corrected chi connectivity index (χ3v) is 3.21. The minimum atomic E-state index is -0.796. The molecule has 0 bridgehead atoms. The molecule has 88 valence electrons. The van der Waals surface area contributed by atoms with Gasteiger partial charge in [0.15, 0.2) is 0 Å². The number of anilines is 1. The first-order valence-corrected chi connectivity index (χ1v) is 5.86. The monoisotopic (exact) mass is 221 g/mol. The summed E-state index contributed by atoms with van der Waals surface area (Å²) in [6, 6.07) is 8.05. The first-order valence-electron chi connectivity index (χ1n) is 5.86. The van der Waals surface area contributed by atoms with Gasteiger partial charge in [-0.25, -0.2) is 0 Å². The number of aliphatic hydroxyl groups is 2. The van der Waals surface area contributed by atoms with Crippen LogP contribution >= 0.6 is 0 Å². The molecule has 0 radical (unpaired) electrons. The summed E-state index contributed by atoms with van der Waals surface area (Å²) in [6.45, 7) is 1.93. The highest BCUT2D eigenvalue weighted by Gasteiger charge is 2.28. The summed E-state index contributed by atoms with van der Waals surface area (Å²) in [7, 11) is 0. The van der Waals surface area contributed by atoms with Crippen molar-refractivity contribution in [3.05, 3.63) is 29.8 Å². The highest BCUT2D eigenvalue weighted by atomic mass is 16.3. The van der Waals surface area contributed by atoms with Gasteiger partial charge in [-0.3, -0.25) is 0 Å². The number of hydrogen-bond acceptors (Lipinski definition) is 3. The van der Waals surface area contributed by atoms with E-state index >= 15 is 0 Å². The minimum absolute atomic E-state index is 0.240. The summed E-state index contributed by atoms with van der Waals surface area (Å²) in [6.07, 6.45) is 1.78. The molecule has 3 nitrogen and oxygen atoms in total. The summed E-state index contributed by atoms with van der Waals surface area (Å²) in [5, 5.41) is 22.1. The molecule has 1 aromatic rings. The molecule has 16 heavy (non-hydrogen) atoms. The lowest BCUT2D eigenvalue weighted by molar-refractivity contribution is 0.0961. The Balaban J connectivity index is 2.11. The number of rotatable bonds is 5. The molecule has 1 aliphatic carbocycles. The van der Waals surface area contributed by atoms with E-state index in [1.807, 2.05) is 24.3 Å². The number of hydrogen-bond donors (Lipinski definition) is 3. The number of nitrogens with one attached hydrogen (secondary N) is 1. The molecule has 0 heterocycles. The van der Waals surface area contributed by atoms with Crippen molar-refractivity contribution in [3.63, 3.8) is 0 Å². The standard InChI is InChI=1S/C13H19NO2/c1-9(10-6-7-10)14-12-5-3-2-4-11(12)13(16)8-15/h2-5,9-10,13-16H,6-8H2,1H3/t9-,13?/m1/s1. The molecule has 1 unspecified atom stereocenters. The second kappa shape index (κ2) is 4.85. The van der Waals surface area contributed by atoms with Crippen molar-refractivity contribution in [3.8, 4) is 0 Å². The van der Waals surface area contributed by atoms with Crippen molar-refractivity contribution in [2.75, 3.05) is 11.9 Å². The van der Waals surface area contributed by atoms with Crippen molar-refractivity contribution in [2.45, 2.75) is 31.9 Å². The maximum atomic E-state index is 9.69. The van der Waals surface area contributed by atoms with E-state index in [2.05, 4.69) is 12.2 Å². The van der Waals surface area contributed by atoms with E-state index in [1.165, 1.54) is 12.8 Å². The molecule has 0 amide bonds. The van der Waals surface area contributed by atoms with Crippen molar-refractivity contribution < 1.29 is 10.2 Å². The SMILES string of the molecule is C[C@@H](Nc1ccccc1C(O)CO)C1CC1. The van der Waals surface area contributed by atoms with Crippen molar-refractivity contribution in [1.29, 1.82) is 0 Å². The zero-order valence-electron chi connectivity index (χ0n) is 9.56. The second-order valence-corrected chi connectivity index (χ2v) is 4.56. The van der Waals surface area contributed by atoms with E-state index in [0.29, 0.717) is 6.04 Å². The van der Waals surface area contributed by atoms with Crippen LogP contribution in [0.4, 0.5) is 5.69 Å². The van der Waals surface area contributed by atoms with Gasteiger partial charge in [-0.1, -0.05) is 18.2 Å². The van der Waals surface area contributed by atoms with Crippen LogP contribution in [0.5, 0.6) is 0 Å². The topological polar surface area (TPSA) is 52.5 Å². The molecule has 0 aliphatic heterocycles. The lowest BCUT2D eigenvalue weighted by Gasteiger charge is -2.19. The largest absolute Gasteiger partial charge is 0.393 e. The van der Waals surface area contributed by atoms with Crippen LogP contribution in [0.15, 0.2) is 24.3 Å². The van der Waals surface area contributed by atoms with E-state index in [4.69, 9.17) is 5.11 Å². The number of aliphatic hydroxyl groups excluding tert-OH is 2. The van der Waals surface area contributed by atoms with Crippen LogP contribution in [0.2, 0.25) is 0 Å². The van der Waals surface area contributed by atoms with Gasteiger partial charge in [0.1, 0.15) is 6.10 Å². The van der Waals surface area contributed by atoms with E-state index < -0.39 is 6.10 Å². The Kier molecular flexibility index (Phi) is 3.46. The van der Waals surface area contributed by atoms with Crippen LogP contribution in [-0.4, -0.2) is 22.9 Å². The van der Waals surface area contributed by atoms with Crippen LogP contribution in [0, 0.1) is 5.92 Å². The van der Waals surface area contributed by atoms with Crippen LogP contribution in [-0.2, 0) is 0 Å². The van der Waals surface area contributed by atoms with Gasteiger partial charge >= 0.3 is 0 Å². The summed E-state index contributed by atoms with van der Waals surface area (Å²) >= 11 is 0. The Morgan fingerprint density at radius 3 is 2.69 bits per heavy atom. The maximum absolute atomic E-state index is 9.69. The van der Waals surface area contributed by atoms with Crippen molar-refractivity contribution >= 4 is 5.69 Å². The molecule has 3 N–H and O–H groups in total. The molecule has 1 fully saturated rings. The lowest BCUT2D eigenvalue weighted by Crippen LogP contribution is -2.19. The van der Waals surface area contributed by atoms with Crippen LogP contribution < -0.4 is 5.32 Å². The van der Waals surface area contributed by atoms with Gasteiger partial charge in [-0.15, -0.1) is 0 Å². The van der Waals surface area contributed by atoms with Crippen LogP contribution in [0.3, 0.4) is 0 Å². The molecule has 1 aromatic carbocycles. The first kappa shape index (κ1) is 11.4. The van der Waals surface area contributed by atoms with Gasteiger partial charge in [0.2, 0.25) is 0 Å². The fraction of sp³-hybridized carbons (Fsp3) is 0.538. The average Bonchev–Trinajstić information content (AvgIpc) is 3.12. The zero-order chi connectivity index (χ0) is 11.5. The molecule has 0 spiro atoms. The fourth-order valence-electron chi connectivity index (χ4n) is 1.98. The van der Waals surface area contributed by atoms with E-state index in [-0.39, 0.29) is 6.61 Å². The minimum Gasteiger partial charge on any atom is -0.393 e. The Hall–Kier alpha value is -1.06. The average molecular weight is 221 g/mol. The predicted molar refractivity (Wildman–Crippen MR) is 64.3 cm³/mol. The van der Waals surface area contributed by atoms with Gasteiger partial charge in [0.25, 0.3) is 0 Å². The van der Waals surface area contributed by atoms with Crippen molar-refractivity contribution in [2.24, 2.45) is 5.92 Å². The first-order chi connectivity index (χ1) is 7.72. The van der Waals surface area contributed by atoms with Gasteiger partial charge in [-0.05, 0) is 31.7 Å². The van der Waals surface area contributed by atoms with Crippen molar-refractivity contribution in [1.82, 2.24) is 0 Å². The molecule has 2 rings (SSSR count). The lowest BCUT2D eigenvalue weighted by atomic mass is 10.1. The van der Waals surface area contributed by atoms with Crippen LogP contribution in [0.1, 0.15) is 31.4 Å².